The molecule has 4 rings (SSSR count). The molecule has 0 amide bonds. The lowest BCUT2D eigenvalue weighted by atomic mass is 9.87. The number of esters is 1. The van der Waals surface area contributed by atoms with Gasteiger partial charge in [-0.3, -0.25) is 4.79 Å². The molecule has 3 aliphatic rings. The van der Waals surface area contributed by atoms with Gasteiger partial charge in [-0.15, -0.1) is 11.8 Å². The molecule has 1 fully saturated rings. The van der Waals surface area contributed by atoms with E-state index in [0.717, 1.165) is 11.3 Å². The molecule has 3 nitrogen and oxygen atoms in total. The summed E-state index contributed by atoms with van der Waals surface area (Å²) < 4.78 is 10.5. The first-order valence-electron chi connectivity index (χ1n) is 6.92. The molecule has 3 atom stereocenters. The van der Waals surface area contributed by atoms with Crippen molar-refractivity contribution in [2.75, 3.05) is 6.61 Å². The standard InChI is InChI=1S/C16H18O3S/c1-3-18-14-10-12-8-9-16(14,15(17)19-12)20-13-6-4-11(2)5-7-13/h4-9,12,14H,3,10H2,1-2H3/t12-,14+,16-/m0/s1. The number of rotatable bonds is 4. The summed E-state index contributed by atoms with van der Waals surface area (Å²) in [4.78, 5) is 13.4. The third-order valence-electron chi connectivity index (χ3n) is 3.74. The van der Waals surface area contributed by atoms with E-state index in [1.54, 1.807) is 0 Å². The van der Waals surface area contributed by atoms with E-state index in [2.05, 4.69) is 19.1 Å². The number of benzene rings is 1. The summed E-state index contributed by atoms with van der Waals surface area (Å²) in [5.74, 6) is -0.180. The number of carbonyl (C=O) groups is 1. The Morgan fingerprint density at radius 2 is 2.15 bits per heavy atom. The fraction of sp³-hybridized carbons (Fsp3) is 0.438. The van der Waals surface area contributed by atoms with Crippen LogP contribution in [0.15, 0.2) is 41.3 Å². The zero-order valence-electron chi connectivity index (χ0n) is 11.7. The van der Waals surface area contributed by atoms with Gasteiger partial charge in [0.15, 0.2) is 4.75 Å². The van der Waals surface area contributed by atoms with Crippen LogP contribution < -0.4 is 0 Å². The zero-order valence-corrected chi connectivity index (χ0v) is 12.5. The monoisotopic (exact) mass is 290 g/mol. The molecule has 0 N–H and O–H groups in total. The van der Waals surface area contributed by atoms with Gasteiger partial charge in [0.2, 0.25) is 0 Å². The van der Waals surface area contributed by atoms with E-state index < -0.39 is 4.75 Å². The molecule has 2 heterocycles. The fourth-order valence-corrected chi connectivity index (χ4v) is 3.91. The molecule has 0 spiro atoms. The summed E-state index contributed by atoms with van der Waals surface area (Å²) in [6.07, 6.45) is 4.46. The molecule has 2 bridgehead atoms. The minimum Gasteiger partial charge on any atom is -0.457 e. The van der Waals surface area contributed by atoms with Crippen LogP contribution in [0.3, 0.4) is 0 Å². The van der Waals surface area contributed by atoms with Crippen molar-refractivity contribution in [2.45, 2.75) is 42.1 Å². The van der Waals surface area contributed by atoms with E-state index >= 15 is 0 Å². The molecule has 106 valence electrons. The molecule has 1 aliphatic carbocycles. The molecule has 20 heavy (non-hydrogen) atoms. The average molecular weight is 290 g/mol. The van der Waals surface area contributed by atoms with Crippen LogP contribution in [-0.2, 0) is 14.3 Å². The van der Waals surface area contributed by atoms with E-state index in [-0.39, 0.29) is 18.2 Å². The van der Waals surface area contributed by atoms with Gasteiger partial charge < -0.3 is 9.47 Å². The quantitative estimate of drug-likeness (QED) is 0.630. The minimum absolute atomic E-state index is 0.116. The van der Waals surface area contributed by atoms with Gasteiger partial charge in [0, 0.05) is 17.9 Å². The topological polar surface area (TPSA) is 35.5 Å². The van der Waals surface area contributed by atoms with Gasteiger partial charge in [-0.1, -0.05) is 23.8 Å². The van der Waals surface area contributed by atoms with E-state index in [1.165, 1.54) is 17.3 Å². The Balaban J connectivity index is 1.92. The Morgan fingerprint density at radius 3 is 2.80 bits per heavy atom. The number of thioether (sulfide) groups is 1. The van der Waals surface area contributed by atoms with Crippen molar-refractivity contribution < 1.29 is 14.3 Å². The van der Waals surface area contributed by atoms with Crippen molar-refractivity contribution in [1.29, 1.82) is 0 Å². The van der Waals surface area contributed by atoms with Crippen LogP contribution in [0.2, 0.25) is 0 Å². The van der Waals surface area contributed by atoms with Crippen LogP contribution in [0.5, 0.6) is 0 Å². The summed E-state index contributed by atoms with van der Waals surface area (Å²) in [6.45, 7) is 4.62. The maximum Gasteiger partial charge on any atom is 0.329 e. The highest BCUT2D eigenvalue weighted by Crippen LogP contribution is 2.47. The molecule has 0 unspecified atom stereocenters. The number of fused-ring (bicyclic) bond motifs is 2. The first-order chi connectivity index (χ1) is 9.64. The van der Waals surface area contributed by atoms with E-state index in [0.29, 0.717) is 6.61 Å². The predicted octanol–water partition coefficient (Wildman–Crippen LogP) is 3.12. The lowest BCUT2D eigenvalue weighted by molar-refractivity contribution is -0.164. The van der Waals surface area contributed by atoms with Crippen molar-refractivity contribution in [3.8, 4) is 0 Å². The first-order valence-corrected chi connectivity index (χ1v) is 7.73. The summed E-state index contributed by atoms with van der Waals surface area (Å²) in [5.41, 5.74) is 1.21. The predicted molar refractivity (Wildman–Crippen MR) is 78.8 cm³/mol. The first kappa shape index (κ1) is 13.7. The second-order valence-corrected chi connectivity index (χ2v) is 6.54. The molecular weight excluding hydrogens is 272 g/mol. The summed E-state index contributed by atoms with van der Waals surface area (Å²) in [7, 11) is 0. The van der Waals surface area contributed by atoms with Crippen LogP contribution in [-0.4, -0.2) is 29.5 Å². The molecule has 1 aromatic carbocycles. The highest BCUT2D eigenvalue weighted by molar-refractivity contribution is 8.01. The van der Waals surface area contributed by atoms with Gasteiger partial charge in [-0.2, -0.15) is 0 Å². The van der Waals surface area contributed by atoms with Crippen LogP contribution in [0, 0.1) is 6.92 Å². The highest BCUT2D eigenvalue weighted by atomic mass is 32.2. The fourth-order valence-electron chi connectivity index (χ4n) is 2.67. The lowest BCUT2D eigenvalue weighted by Gasteiger charge is -2.44. The van der Waals surface area contributed by atoms with Gasteiger partial charge >= 0.3 is 5.97 Å². The smallest absolute Gasteiger partial charge is 0.329 e. The number of carbonyl (C=O) groups excluding carboxylic acids is 1. The largest absolute Gasteiger partial charge is 0.457 e. The third kappa shape index (κ3) is 2.27. The Hall–Kier alpha value is -1.26. The molecule has 1 aromatic rings. The Kier molecular flexibility index (Phi) is 3.61. The summed E-state index contributed by atoms with van der Waals surface area (Å²) in [6, 6.07) is 8.19. The van der Waals surface area contributed by atoms with E-state index in [9.17, 15) is 4.79 Å². The van der Waals surface area contributed by atoms with Crippen molar-refractivity contribution in [2.24, 2.45) is 0 Å². The van der Waals surface area contributed by atoms with Crippen LogP contribution in [0.25, 0.3) is 0 Å². The molecule has 0 saturated carbocycles. The highest BCUT2D eigenvalue weighted by Gasteiger charge is 2.54. The second kappa shape index (κ2) is 5.26. The third-order valence-corrected chi connectivity index (χ3v) is 5.15. The maximum absolute atomic E-state index is 12.4. The van der Waals surface area contributed by atoms with Crippen molar-refractivity contribution >= 4 is 17.7 Å². The normalized spacial score (nSPS) is 31.4. The van der Waals surface area contributed by atoms with Crippen molar-refractivity contribution in [3.63, 3.8) is 0 Å². The molecule has 0 radical (unpaired) electrons. The zero-order chi connectivity index (χ0) is 14.2. The molecule has 2 aliphatic heterocycles. The van der Waals surface area contributed by atoms with Crippen molar-refractivity contribution in [3.05, 3.63) is 42.0 Å². The van der Waals surface area contributed by atoms with Crippen LogP contribution in [0.4, 0.5) is 0 Å². The van der Waals surface area contributed by atoms with E-state index in [1.807, 2.05) is 31.2 Å². The van der Waals surface area contributed by atoms with Crippen LogP contribution >= 0.6 is 11.8 Å². The number of hydrogen-bond donors (Lipinski definition) is 0. The second-order valence-electron chi connectivity index (χ2n) is 5.19. The minimum atomic E-state index is -0.736. The SMILES string of the molecule is CCO[C@@H]1C[C@@H]2C=C[C@@]1(Sc1ccc(C)cc1)C(=O)O2. The molecule has 1 saturated heterocycles. The molecule has 4 heteroatoms. The molecule has 0 aromatic heterocycles. The molecular formula is C16H18O3S. The lowest BCUT2D eigenvalue weighted by Crippen LogP contribution is -2.57. The van der Waals surface area contributed by atoms with E-state index in [4.69, 9.17) is 9.47 Å². The summed E-state index contributed by atoms with van der Waals surface area (Å²) >= 11 is 1.53. The maximum atomic E-state index is 12.4. The Labute approximate surface area is 123 Å². The van der Waals surface area contributed by atoms with Gasteiger partial charge in [0.25, 0.3) is 0 Å². The Bertz CT molecular complexity index is 537. The van der Waals surface area contributed by atoms with Crippen LogP contribution in [0.1, 0.15) is 18.9 Å². The number of aryl methyl sites for hydroxylation is 1. The Morgan fingerprint density at radius 1 is 1.40 bits per heavy atom. The number of hydrogen-bond acceptors (Lipinski definition) is 4. The summed E-state index contributed by atoms with van der Waals surface area (Å²) in [5, 5.41) is 0. The van der Waals surface area contributed by atoms with Gasteiger partial charge in [-0.25, -0.2) is 0 Å². The average Bonchev–Trinajstić information content (AvgIpc) is 2.44. The number of ether oxygens (including phenoxy) is 2. The van der Waals surface area contributed by atoms with Gasteiger partial charge in [0.05, 0.1) is 6.10 Å². The van der Waals surface area contributed by atoms with Crippen molar-refractivity contribution in [1.82, 2.24) is 0 Å². The van der Waals surface area contributed by atoms with Gasteiger partial charge in [-0.05, 0) is 32.1 Å². The van der Waals surface area contributed by atoms with Gasteiger partial charge in [0.1, 0.15) is 6.10 Å².